The standard InChI is InChI=1S/C17H19N5O/c1-10-14(6-5-7-19-10)21-15-8-13(9-20-17(15)18-4)16-11(2)22-23-12(16)3/h5-9,21H,1-4H3,(H,18,20). The first-order valence-electron chi connectivity index (χ1n) is 7.40. The minimum Gasteiger partial charge on any atom is -0.371 e. The quantitative estimate of drug-likeness (QED) is 0.762. The van der Waals surface area contributed by atoms with Crippen molar-refractivity contribution >= 4 is 17.2 Å². The zero-order valence-electron chi connectivity index (χ0n) is 13.6. The van der Waals surface area contributed by atoms with E-state index in [1.807, 2.05) is 52.2 Å². The molecule has 2 N–H and O–H groups in total. The predicted molar refractivity (Wildman–Crippen MR) is 91.0 cm³/mol. The smallest absolute Gasteiger partial charge is 0.149 e. The summed E-state index contributed by atoms with van der Waals surface area (Å²) in [6.45, 7) is 5.79. The average molecular weight is 309 g/mol. The fourth-order valence-electron chi connectivity index (χ4n) is 2.55. The van der Waals surface area contributed by atoms with Crippen molar-refractivity contribution in [3.8, 4) is 11.1 Å². The molecule has 0 saturated carbocycles. The van der Waals surface area contributed by atoms with Gasteiger partial charge in [-0.15, -0.1) is 0 Å². The van der Waals surface area contributed by atoms with Crippen LogP contribution in [0.4, 0.5) is 17.2 Å². The first-order chi connectivity index (χ1) is 11.1. The van der Waals surface area contributed by atoms with E-state index in [-0.39, 0.29) is 0 Å². The van der Waals surface area contributed by atoms with Crippen molar-refractivity contribution in [1.29, 1.82) is 0 Å². The zero-order valence-corrected chi connectivity index (χ0v) is 13.6. The lowest BCUT2D eigenvalue weighted by molar-refractivity contribution is 0.393. The largest absolute Gasteiger partial charge is 0.371 e. The molecule has 0 unspecified atom stereocenters. The van der Waals surface area contributed by atoms with Crippen LogP contribution in [-0.4, -0.2) is 22.2 Å². The van der Waals surface area contributed by atoms with Crippen molar-refractivity contribution in [1.82, 2.24) is 15.1 Å². The molecule has 3 aromatic rings. The zero-order chi connectivity index (χ0) is 16.4. The van der Waals surface area contributed by atoms with E-state index >= 15 is 0 Å². The Hall–Kier alpha value is -2.89. The summed E-state index contributed by atoms with van der Waals surface area (Å²) in [5.74, 6) is 1.55. The second-order valence-corrected chi connectivity index (χ2v) is 5.33. The third-order valence-electron chi connectivity index (χ3n) is 3.72. The van der Waals surface area contributed by atoms with Gasteiger partial charge in [-0.1, -0.05) is 5.16 Å². The van der Waals surface area contributed by atoms with Gasteiger partial charge in [0.1, 0.15) is 11.6 Å². The molecule has 23 heavy (non-hydrogen) atoms. The Kier molecular flexibility index (Phi) is 3.97. The maximum atomic E-state index is 5.26. The van der Waals surface area contributed by atoms with Gasteiger partial charge in [0.15, 0.2) is 0 Å². The van der Waals surface area contributed by atoms with Crippen molar-refractivity contribution < 1.29 is 4.52 Å². The second kappa shape index (κ2) is 6.08. The van der Waals surface area contributed by atoms with Crippen LogP contribution in [0, 0.1) is 20.8 Å². The highest BCUT2D eigenvalue weighted by molar-refractivity contribution is 5.79. The fourth-order valence-corrected chi connectivity index (χ4v) is 2.55. The molecular formula is C17H19N5O. The first kappa shape index (κ1) is 15.0. The van der Waals surface area contributed by atoms with Gasteiger partial charge in [-0.3, -0.25) is 4.98 Å². The van der Waals surface area contributed by atoms with Gasteiger partial charge in [-0.25, -0.2) is 4.98 Å². The van der Waals surface area contributed by atoms with Crippen LogP contribution in [0.25, 0.3) is 11.1 Å². The highest BCUT2D eigenvalue weighted by atomic mass is 16.5. The summed E-state index contributed by atoms with van der Waals surface area (Å²) in [5.41, 5.74) is 5.54. The molecule has 6 heteroatoms. The van der Waals surface area contributed by atoms with Crippen LogP contribution in [0.1, 0.15) is 17.1 Å². The van der Waals surface area contributed by atoms with Crippen LogP contribution in [0.2, 0.25) is 0 Å². The normalized spacial score (nSPS) is 10.6. The van der Waals surface area contributed by atoms with Gasteiger partial charge in [0.05, 0.1) is 22.8 Å². The number of anilines is 3. The molecule has 0 aliphatic rings. The van der Waals surface area contributed by atoms with Gasteiger partial charge in [-0.05, 0) is 39.0 Å². The minimum absolute atomic E-state index is 0.767. The molecule has 0 fully saturated rings. The second-order valence-electron chi connectivity index (χ2n) is 5.33. The van der Waals surface area contributed by atoms with Gasteiger partial charge in [-0.2, -0.15) is 0 Å². The maximum absolute atomic E-state index is 5.26. The topological polar surface area (TPSA) is 75.9 Å². The third kappa shape index (κ3) is 2.88. The molecule has 0 aliphatic heterocycles. The van der Waals surface area contributed by atoms with Crippen LogP contribution in [0.5, 0.6) is 0 Å². The molecule has 0 aromatic carbocycles. The van der Waals surface area contributed by atoms with Crippen molar-refractivity contribution in [3.05, 3.63) is 47.7 Å². The molecule has 0 atom stereocenters. The lowest BCUT2D eigenvalue weighted by atomic mass is 10.1. The van der Waals surface area contributed by atoms with E-state index in [4.69, 9.17) is 4.52 Å². The van der Waals surface area contributed by atoms with Gasteiger partial charge < -0.3 is 15.2 Å². The van der Waals surface area contributed by atoms with E-state index in [1.165, 1.54) is 0 Å². The predicted octanol–water partition coefficient (Wildman–Crippen LogP) is 3.84. The summed E-state index contributed by atoms with van der Waals surface area (Å²) in [5, 5.41) is 10.5. The summed E-state index contributed by atoms with van der Waals surface area (Å²) < 4.78 is 5.26. The van der Waals surface area contributed by atoms with Crippen LogP contribution >= 0.6 is 0 Å². The summed E-state index contributed by atoms with van der Waals surface area (Å²) in [7, 11) is 1.85. The van der Waals surface area contributed by atoms with Crippen LogP contribution in [-0.2, 0) is 0 Å². The Labute approximate surface area is 135 Å². The van der Waals surface area contributed by atoms with E-state index in [1.54, 1.807) is 6.20 Å². The summed E-state index contributed by atoms with van der Waals surface area (Å²) in [6.07, 6.45) is 3.59. The lowest BCUT2D eigenvalue weighted by Crippen LogP contribution is -2.02. The van der Waals surface area contributed by atoms with E-state index in [0.29, 0.717) is 0 Å². The third-order valence-corrected chi connectivity index (χ3v) is 3.72. The van der Waals surface area contributed by atoms with E-state index in [0.717, 1.165) is 45.5 Å². The molecule has 0 spiro atoms. The number of aromatic nitrogens is 3. The van der Waals surface area contributed by atoms with Crippen LogP contribution < -0.4 is 10.6 Å². The molecule has 0 bridgehead atoms. The number of aryl methyl sites for hydroxylation is 3. The lowest BCUT2D eigenvalue weighted by Gasteiger charge is -2.14. The summed E-state index contributed by atoms with van der Waals surface area (Å²) in [4.78, 5) is 8.80. The fraction of sp³-hybridized carbons (Fsp3) is 0.235. The summed E-state index contributed by atoms with van der Waals surface area (Å²) in [6, 6.07) is 5.93. The summed E-state index contributed by atoms with van der Waals surface area (Å²) >= 11 is 0. The van der Waals surface area contributed by atoms with Gasteiger partial charge >= 0.3 is 0 Å². The number of hydrogen-bond donors (Lipinski definition) is 2. The van der Waals surface area contributed by atoms with Gasteiger partial charge in [0.25, 0.3) is 0 Å². The van der Waals surface area contributed by atoms with Crippen molar-refractivity contribution in [2.24, 2.45) is 0 Å². The molecule has 118 valence electrons. The number of nitrogens with one attached hydrogen (secondary N) is 2. The molecule has 0 saturated heterocycles. The SMILES string of the molecule is CNc1ncc(-c2c(C)noc2C)cc1Nc1cccnc1C. The molecule has 3 rings (SSSR count). The van der Waals surface area contributed by atoms with E-state index < -0.39 is 0 Å². The minimum atomic E-state index is 0.767. The Morgan fingerprint density at radius 3 is 2.52 bits per heavy atom. The van der Waals surface area contributed by atoms with E-state index in [9.17, 15) is 0 Å². The van der Waals surface area contributed by atoms with Crippen LogP contribution in [0.3, 0.4) is 0 Å². The molecule has 3 heterocycles. The monoisotopic (exact) mass is 309 g/mol. The Morgan fingerprint density at radius 1 is 1.04 bits per heavy atom. The maximum Gasteiger partial charge on any atom is 0.149 e. The molecule has 3 aromatic heterocycles. The van der Waals surface area contributed by atoms with Crippen LogP contribution in [0.15, 0.2) is 35.1 Å². The molecule has 0 radical (unpaired) electrons. The number of pyridine rings is 2. The van der Waals surface area contributed by atoms with Crippen molar-refractivity contribution in [3.63, 3.8) is 0 Å². The highest BCUT2D eigenvalue weighted by Gasteiger charge is 2.14. The van der Waals surface area contributed by atoms with E-state index in [2.05, 4.69) is 25.8 Å². The highest BCUT2D eigenvalue weighted by Crippen LogP contribution is 2.32. The Balaban J connectivity index is 2.05. The van der Waals surface area contributed by atoms with Gasteiger partial charge in [0.2, 0.25) is 0 Å². The molecule has 0 amide bonds. The van der Waals surface area contributed by atoms with Crippen molar-refractivity contribution in [2.45, 2.75) is 20.8 Å². The Bertz CT molecular complexity index is 821. The van der Waals surface area contributed by atoms with Gasteiger partial charge in [0, 0.05) is 30.6 Å². The number of rotatable bonds is 4. The number of nitrogens with zero attached hydrogens (tertiary/aromatic N) is 3. The van der Waals surface area contributed by atoms with Crippen molar-refractivity contribution in [2.75, 3.05) is 17.7 Å². The number of hydrogen-bond acceptors (Lipinski definition) is 6. The first-order valence-corrected chi connectivity index (χ1v) is 7.40. The molecule has 0 aliphatic carbocycles. The molecule has 6 nitrogen and oxygen atoms in total. The Morgan fingerprint density at radius 2 is 1.87 bits per heavy atom. The average Bonchev–Trinajstić information content (AvgIpc) is 2.88. The molecular weight excluding hydrogens is 290 g/mol.